The Labute approximate surface area is 183 Å². The molecule has 162 valence electrons. The largest absolute Gasteiger partial charge is 0.339 e. The van der Waals surface area contributed by atoms with Gasteiger partial charge in [0.2, 0.25) is 11.8 Å². The van der Waals surface area contributed by atoms with Crippen LogP contribution in [0.4, 0.5) is 11.4 Å². The molecule has 2 fully saturated rings. The van der Waals surface area contributed by atoms with Gasteiger partial charge in [0.05, 0.1) is 11.3 Å². The van der Waals surface area contributed by atoms with E-state index < -0.39 is 5.92 Å². The molecule has 0 aromatic heterocycles. The minimum absolute atomic E-state index is 0.0647. The van der Waals surface area contributed by atoms with E-state index in [0.717, 1.165) is 43.6 Å². The summed E-state index contributed by atoms with van der Waals surface area (Å²) in [6.07, 6.45) is 3.61. The van der Waals surface area contributed by atoms with Crippen LogP contribution in [-0.4, -0.2) is 42.3 Å². The van der Waals surface area contributed by atoms with Gasteiger partial charge in [0.15, 0.2) is 0 Å². The highest BCUT2D eigenvalue weighted by atomic mass is 16.2. The molecule has 1 unspecified atom stereocenters. The van der Waals surface area contributed by atoms with Gasteiger partial charge < -0.3 is 15.1 Å². The van der Waals surface area contributed by atoms with Crippen molar-refractivity contribution in [2.75, 3.05) is 29.9 Å². The van der Waals surface area contributed by atoms with Crippen LogP contribution < -0.4 is 10.2 Å². The molecule has 3 amide bonds. The number of nitrogens with one attached hydrogen (secondary N) is 1. The van der Waals surface area contributed by atoms with Crippen LogP contribution in [0.5, 0.6) is 0 Å². The molecule has 4 rings (SSSR count). The fraction of sp³-hybridized carbons (Fsp3) is 0.400. The number of benzene rings is 2. The Morgan fingerprint density at radius 3 is 2.42 bits per heavy atom. The van der Waals surface area contributed by atoms with E-state index in [0.29, 0.717) is 24.2 Å². The molecule has 0 spiro atoms. The SMILES string of the molecule is Cc1ccc(N2CCC(C(=O)Nc3ccccc3C(=O)N3CCCCC3)C2=O)cc1C. The number of aryl methyl sites for hydroxylation is 2. The van der Waals surface area contributed by atoms with Gasteiger partial charge in [0, 0.05) is 25.3 Å². The highest BCUT2D eigenvalue weighted by Crippen LogP contribution is 2.28. The Balaban J connectivity index is 1.48. The summed E-state index contributed by atoms with van der Waals surface area (Å²) in [6.45, 7) is 6.04. The molecule has 2 aromatic rings. The molecule has 1 atom stereocenters. The van der Waals surface area contributed by atoms with Gasteiger partial charge in [0.25, 0.3) is 5.91 Å². The lowest BCUT2D eigenvalue weighted by atomic mass is 10.1. The van der Waals surface area contributed by atoms with Gasteiger partial charge in [-0.3, -0.25) is 14.4 Å². The van der Waals surface area contributed by atoms with Crippen molar-refractivity contribution in [1.29, 1.82) is 0 Å². The van der Waals surface area contributed by atoms with Crippen molar-refractivity contribution >= 4 is 29.1 Å². The third-order valence-corrected chi connectivity index (χ3v) is 6.38. The van der Waals surface area contributed by atoms with E-state index in [1.165, 1.54) is 5.56 Å². The summed E-state index contributed by atoms with van der Waals surface area (Å²) in [5.41, 5.74) is 4.06. The fourth-order valence-corrected chi connectivity index (χ4v) is 4.34. The zero-order chi connectivity index (χ0) is 22.0. The van der Waals surface area contributed by atoms with E-state index in [1.807, 2.05) is 36.9 Å². The summed E-state index contributed by atoms with van der Waals surface area (Å²) in [4.78, 5) is 42.5. The zero-order valence-corrected chi connectivity index (χ0v) is 18.2. The average Bonchev–Trinajstić information content (AvgIpc) is 3.17. The minimum atomic E-state index is -0.750. The molecule has 2 aliphatic rings. The maximum Gasteiger partial charge on any atom is 0.255 e. The number of carbonyl (C=O) groups is 3. The van der Waals surface area contributed by atoms with Gasteiger partial charge in [-0.2, -0.15) is 0 Å². The number of hydrogen-bond acceptors (Lipinski definition) is 3. The monoisotopic (exact) mass is 419 g/mol. The predicted molar refractivity (Wildman–Crippen MR) is 121 cm³/mol. The van der Waals surface area contributed by atoms with Crippen molar-refractivity contribution < 1.29 is 14.4 Å². The third kappa shape index (κ3) is 4.33. The van der Waals surface area contributed by atoms with E-state index in [2.05, 4.69) is 5.32 Å². The van der Waals surface area contributed by atoms with Crippen LogP contribution in [0.3, 0.4) is 0 Å². The molecular weight excluding hydrogens is 390 g/mol. The number of likely N-dealkylation sites (tertiary alicyclic amines) is 1. The van der Waals surface area contributed by atoms with Crippen molar-refractivity contribution in [3.05, 3.63) is 59.2 Å². The molecular formula is C25H29N3O3. The molecule has 6 heteroatoms. The smallest absolute Gasteiger partial charge is 0.255 e. The number of para-hydroxylation sites is 1. The molecule has 1 N–H and O–H groups in total. The number of carbonyl (C=O) groups excluding carboxylic acids is 3. The lowest BCUT2D eigenvalue weighted by molar-refractivity contribution is -0.129. The van der Waals surface area contributed by atoms with Crippen LogP contribution in [0.2, 0.25) is 0 Å². The van der Waals surface area contributed by atoms with Crippen molar-refractivity contribution in [3.63, 3.8) is 0 Å². The van der Waals surface area contributed by atoms with Gasteiger partial charge in [-0.1, -0.05) is 18.2 Å². The third-order valence-electron chi connectivity index (χ3n) is 6.38. The van der Waals surface area contributed by atoms with Crippen LogP contribution in [0, 0.1) is 19.8 Å². The average molecular weight is 420 g/mol. The summed E-state index contributed by atoms with van der Waals surface area (Å²) < 4.78 is 0. The molecule has 2 aromatic carbocycles. The molecule has 2 saturated heterocycles. The second-order valence-electron chi connectivity index (χ2n) is 8.49. The lowest BCUT2D eigenvalue weighted by Gasteiger charge is -2.27. The standard InChI is InChI=1S/C25H29N3O3/c1-17-10-11-19(16-18(17)2)28-15-12-21(25(28)31)23(29)26-22-9-5-4-8-20(22)24(30)27-13-6-3-7-14-27/h4-5,8-11,16,21H,3,6-7,12-15H2,1-2H3,(H,26,29). The Hall–Kier alpha value is -3.15. The Bertz CT molecular complexity index is 1010. The first kappa shape index (κ1) is 21.1. The second-order valence-corrected chi connectivity index (χ2v) is 8.49. The zero-order valence-electron chi connectivity index (χ0n) is 18.2. The minimum Gasteiger partial charge on any atom is -0.339 e. The van der Waals surface area contributed by atoms with Crippen LogP contribution in [0.15, 0.2) is 42.5 Å². The van der Waals surface area contributed by atoms with Crippen molar-refractivity contribution in [2.24, 2.45) is 5.92 Å². The molecule has 0 radical (unpaired) electrons. The van der Waals surface area contributed by atoms with Crippen molar-refractivity contribution in [3.8, 4) is 0 Å². The summed E-state index contributed by atoms with van der Waals surface area (Å²) >= 11 is 0. The van der Waals surface area contributed by atoms with Gasteiger partial charge in [-0.15, -0.1) is 0 Å². The van der Waals surface area contributed by atoms with Gasteiger partial charge in [-0.25, -0.2) is 0 Å². The highest BCUT2D eigenvalue weighted by molar-refractivity contribution is 6.14. The van der Waals surface area contributed by atoms with E-state index in [1.54, 1.807) is 29.2 Å². The first-order valence-corrected chi connectivity index (χ1v) is 11.0. The molecule has 31 heavy (non-hydrogen) atoms. The molecule has 0 aliphatic carbocycles. The molecule has 0 saturated carbocycles. The van der Waals surface area contributed by atoms with Gasteiger partial charge >= 0.3 is 0 Å². The number of nitrogens with zero attached hydrogens (tertiary/aromatic N) is 2. The number of rotatable bonds is 4. The van der Waals surface area contributed by atoms with Crippen molar-refractivity contribution in [2.45, 2.75) is 39.5 Å². The van der Waals surface area contributed by atoms with Crippen LogP contribution in [0.25, 0.3) is 0 Å². The Kier molecular flexibility index (Phi) is 6.07. The molecule has 0 bridgehead atoms. The number of amides is 3. The number of hydrogen-bond donors (Lipinski definition) is 1. The maximum absolute atomic E-state index is 13.0. The topological polar surface area (TPSA) is 69.7 Å². The lowest BCUT2D eigenvalue weighted by Crippen LogP contribution is -2.37. The van der Waals surface area contributed by atoms with Gasteiger partial charge in [0.1, 0.15) is 5.92 Å². The quantitative estimate of drug-likeness (QED) is 0.764. The Morgan fingerprint density at radius 1 is 0.935 bits per heavy atom. The van der Waals surface area contributed by atoms with Crippen LogP contribution >= 0.6 is 0 Å². The van der Waals surface area contributed by atoms with E-state index in [9.17, 15) is 14.4 Å². The summed E-state index contributed by atoms with van der Waals surface area (Å²) in [7, 11) is 0. The fourth-order valence-electron chi connectivity index (χ4n) is 4.34. The first-order valence-electron chi connectivity index (χ1n) is 11.0. The molecule has 2 aliphatic heterocycles. The summed E-state index contributed by atoms with van der Waals surface area (Å²) in [5, 5.41) is 2.86. The Morgan fingerprint density at radius 2 is 1.68 bits per heavy atom. The summed E-state index contributed by atoms with van der Waals surface area (Å²) in [6, 6.07) is 13.0. The van der Waals surface area contributed by atoms with Crippen LogP contribution in [0.1, 0.15) is 47.2 Å². The highest BCUT2D eigenvalue weighted by Gasteiger charge is 2.38. The number of piperidine rings is 1. The first-order chi connectivity index (χ1) is 15.0. The second kappa shape index (κ2) is 8.92. The number of anilines is 2. The van der Waals surface area contributed by atoms with Crippen LogP contribution in [-0.2, 0) is 9.59 Å². The van der Waals surface area contributed by atoms with E-state index in [-0.39, 0.29) is 17.7 Å². The van der Waals surface area contributed by atoms with Crippen molar-refractivity contribution in [1.82, 2.24) is 4.90 Å². The molecule has 2 heterocycles. The predicted octanol–water partition coefficient (Wildman–Crippen LogP) is 3.92. The summed E-state index contributed by atoms with van der Waals surface area (Å²) in [5.74, 6) is -1.36. The van der Waals surface area contributed by atoms with E-state index >= 15 is 0 Å². The normalized spacial score (nSPS) is 18.9. The maximum atomic E-state index is 13.0. The van der Waals surface area contributed by atoms with E-state index in [4.69, 9.17) is 0 Å². The van der Waals surface area contributed by atoms with Gasteiger partial charge in [-0.05, 0) is 74.9 Å². The molecule has 6 nitrogen and oxygen atoms in total.